The molecule has 2 N–H and O–H groups in total. The number of thiophene rings is 1. The molecule has 0 fully saturated rings. The molecule has 5 rings (SSSR count). The number of amides is 2. The Morgan fingerprint density at radius 1 is 0.886 bits per heavy atom. The molecule has 174 valence electrons. The zero-order valence-electron chi connectivity index (χ0n) is 18.6. The predicted molar refractivity (Wildman–Crippen MR) is 139 cm³/mol. The van der Waals surface area contributed by atoms with Crippen molar-refractivity contribution in [3.63, 3.8) is 0 Å². The highest BCUT2D eigenvalue weighted by molar-refractivity contribution is 7.18. The number of carbonyl (C=O) groups is 2. The number of halogens is 1. The maximum atomic E-state index is 13.2. The SMILES string of the molecule is C/C(=N/NC(=O)C1c2ccccc2Oc2ccccc21)c1ccc(NC(=O)c2ccc(Cl)s2)cc1. The molecule has 1 aromatic heterocycles. The van der Waals surface area contributed by atoms with Crippen LogP contribution in [0, 0.1) is 0 Å². The van der Waals surface area contributed by atoms with E-state index in [9.17, 15) is 9.59 Å². The maximum absolute atomic E-state index is 13.2. The van der Waals surface area contributed by atoms with Crippen molar-refractivity contribution < 1.29 is 14.3 Å². The van der Waals surface area contributed by atoms with Gasteiger partial charge in [-0.2, -0.15) is 5.10 Å². The molecule has 0 atom stereocenters. The van der Waals surface area contributed by atoms with E-state index in [1.807, 2.05) is 67.6 Å². The monoisotopic (exact) mass is 501 g/mol. The number of nitrogens with zero attached hydrogens (tertiary/aromatic N) is 1. The van der Waals surface area contributed by atoms with Gasteiger partial charge in [0.15, 0.2) is 0 Å². The summed E-state index contributed by atoms with van der Waals surface area (Å²) in [5, 5.41) is 7.17. The average molecular weight is 502 g/mol. The topological polar surface area (TPSA) is 79.8 Å². The predicted octanol–water partition coefficient (Wildman–Crippen LogP) is 6.43. The van der Waals surface area contributed by atoms with Crippen molar-refractivity contribution in [3.8, 4) is 11.5 Å². The van der Waals surface area contributed by atoms with Gasteiger partial charge >= 0.3 is 0 Å². The number of carbonyl (C=O) groups excluding carboxylic acids is 2. The van der Waals surface area contributed by atoms with E-state index in [1.165, 1.54) is 11.3 Å². The van der Waals surface area contributed by atoms with E-state index in [0.717, 1.165) is 16.7 Å². The highest BCUT2D eigenvalue weighted by Crippen LogP contribution is 2.43. The van der Waals surface area contributed by atoms with Crippen LogP contribution in [-0.2, 0) is 4.79 Å². The number of para-hydroxylation sites is 2. The summed E-state index contributed by atoms with van der Waals surface area (Å²) in [7, 11) is 0. The summed E-state index contributed by atoms with van der Waals surface area (Å²) in [4.78, 5) is 26.1. The first-order chi connectivity index (χ1) is 17.0. The lowest BCUT2D eigenvalue weighted by atomic mass is 9.87. The van der Waals surface area contributed by atoms with Crippen LogP contribution in [0.1, 0.15) is 39.2 Å². The minimum Gasteiger partial charge on any atom is -0.457 e. The number of hydrazone groups is 1. The van der Waals surface area contributed by atoms with Crippen LogP contribution in [-0.4, -0.2) is 17.5 Å². The lowest BCUT2D eigenvalue weighted by Gasteiger charge is -2.26. The third kappa shape index (κ3) is 4.82. The smallest absolute Gasteiger partial charge is 0.265 e. The molecule has 35 heavy (non-hydrogen) atoms. The highest BCUT2D eigenvalue weighted by Gasteiger charge is 2.32. The molecule has 0 saturated carbocycles. The minimum atomic E-state index is -0.531. The van der Waals surface area contributed by atoms with Crippen molar-refractivity contribution in [3.05, 3.63) is 111 Å². The van der Waals surface area contributed by atoms with E-state index in [0.29, 0.717) is 32.1 Å². The van der Waals surface area contributed by atoms with Crippen LogP contribution in [0.4, 0.5) is 5.69 Å². The van der Waals surface area contributed by atoms with E-state index in [-0.39, 0.29) is 11.8 Å². The molecule has 6 nitrogen and oxygen atoms in total. The molecule has 1 aliphatic rings. The lowest BCUT2D eigenvalue weighted by Crippen LogP contribution is -2.29. The molecule has 4 aromatic rings. The first-order valence-electron chi connectivity index (χ1n) is 10.9. The molecule has 0 radical (unpaired) electrons. The van der Waals surface area contributed by atoms with Gasteiger partial charge in [-0.15, -0.1) is 11.3 Å². The molecule has 8 heteroatoms. The second kappa shape index (κ2) is 9.74. The van der Waals surface area contributed by atoms with Gasteiger partial charge in [0.05, 0.1) is 20.8 Å². The fourth-order valence-corrected chi connectivity index (χ4v) is 4.82. The zero-order valence-corrected chi connectivity index (χ0v) is 20.2. The van der Waals surface area contributed by atoms with Gasteiger partial charge in [0, 0.05) is 16.8 Å². The van der Waals surface area contributed by atoms with Crippen molar-refractivity contribution in [2.45, 2.75) is 12.8 Å². The van der Waals surface area contributed by atoms with E-state index in [1.54, 1.807) is 24.3 Å². The molecule has 0 saturated heterocycles. The zero-order chi connectivity index (χ0) is 24.4. The number of ether oxygens (including phenoxy) is 1. The van der Waals surface area contributed by atoms with E-state index >= 15 is 0 Å². The standard InChI is InChI=1S/C27H20ClN3O3S/c1-16(17-10-12-18(13-11-17)29-26(32)23-14-15-24(28)35-23)30-31-27(33)25-19-6-2-4-8-21(19)34-22-9-5-3-7-20(22)25/h2-15,25H,1H3,(H,29,32)(H,31,33)/b30-16-. The summed E-state index contributed by atoms with van der Waals surface area (Å²) < 4.78 is 6.53. The number of nitrogens with one attached hydrogen (secondary N) is 2. The summed E-state index contributed by atoms with van der Waals surface area (Å²) in [6.45, 7) is 1.81. The molecule has 0 bridgehead atoms. The molecule has 3 aromatic carbocycles. The fraction of sp³-hybridized carbons (Fsp3) is 0.0741. The highest BCUT2D eigenvalue weighted by atomic mass is 35.5. The normalized spacial score (nSPS) is 12.8. The molecule has 0 aliphatic carbocycles. The third-order valence-electron chi connectivity index (χ3n) is 5.63. The summed E-state index contributed by atoms with van der Waals surface area (Å²) in [6.07, 6.45) is 0. The largest absolute Gasteiger partial charge is 0.457 e. The summed E-state index contributed by atoms with van der Waals surface area (Å²) >= 11 is 7.13. The fourth-order valence-electron chi connectivity index (χ4n) is 3.88. The van der Waals surface area contributed by atoms with Crippen LogP contribution >= 0.6 is 22.9 Å². The third-order valence-corrected chi connectivity index (χ3v) is 6.86. The van der Waals surface area contributed by atoms with Crippen LogP contribution in [0.5, 0.6) is 11.5 Å². The van der Waals surface area contributed by atoms with Gasteiger partial charge in [0.1, 0.15) is 11.5 Å². The molecule has 0 spiro atoms. The Kier molecular flexibility index (Phi) is 6.35. The Labute approximate surface area is 211 Å². The molecule has 2 amide bonds. The van der Waals surface area contributed by atoms with Crippen LogP contribution in [0.2, 0.25) is 4.34 Å². The van der Waals surface area contributed by atoms with E-state index in [4.69, 9.17) is 16.3 Å². The number of hydrogen-bond donors (Lipinski definition) is 2. The van der Waals surface area contributed by atoms with Gasteiger partial charge in [-0.3, -0.25) is 9.59 Å². The van der Waals surface area contributed by atoms with Crippen LogP contribution < -0.4 is 15.5 Å². The number of hydrogen-bond acceptors (Lipinski definition) is 5. The number of anilines is 1. The summed E-state index contributed by atoms with van der Waals surface area (Å²) in [5.74, 6) is 0.329. The first-order valence-corrected chi connectivity index (χ1v) is 12.1. The van der Waals surface area contributed by atoms with E-state index < -0.39 is 5.92 Å². The van der Waals surface area contributed by atoms with Crippen molar-refractivity contribution in [1.82, 2.24) is 5.43 Å². The van der Waals surface area contributed by atoms with Gasteiger partial charge in [-0.1, -0.05) is 60.1 Å². The number of rotatable bonds is 5. The average Bonchev–Trinajstić information content (AvgIpc) is 3.32. The van der Waals surface area contributed by atoms with Crippen LogP contribution in [0.3, 0.4) is 0 Å². The molecule has 0 unspecified atom stereocenters. The second-order valence-electron chi connectivity index (χ2n) is 7.92. The Morgan fingerprint density at radius 2 is 1.51 bits per heavy atom. The summed E-state index contributed by atoms with van der Waals surface area (Å²) in [5.41, 5.74) is 6.40. The minimum absolute atomic E-state index is 0.218. The Hall–Kier alpha value is -3.94. The molecular formula is C27H20ClN3O3S. The maximum Gasteiger partial charge on any atom is 0.265 e. The quantitative estimate of drug-likeness (QED) is 0.244. The van der Waals surface area contributed by atoms with Gasteiger partial charge in [0.2, 0.25) is 0 Å². The lowest BCUT2D eigenvalue weighted by molar-refractivity contribution is -0.121. The Morgan fingerprint density at radius 3 is 2.11 bits per heavy atom. The van der Waals surface area contributed by atoms with Crippen molar-refractivity contribution in [2.24, 2.45) is 5.10 Å². The van der Waals surface area contributed by atoms with Crippen LogP contribution in [0.15, 0.2) is 90.0 Å². The van der Waals surface area contributed by atoms with Gasteiger partial charge in [-0.25, -0.2) is 5.43 Å². The Bertz CT molecular complexity index is 1400. The van der Waals surface area contributed by atoms with Crippen molar-refractivity contribution in [2.75, 3.05) is 5.32 Å². The first kappa shape index (κ1) is 22.8. The van der Waals surface area contributed by atoms with Crippen LogP contribution in [0.25, 0.3) is 0 Å². The number of benzene rings is 3. The van der Waals surface area contributed by atoms with Gasteiger partial charge in [-0.05, 0) is 48.9 Å². The molecule has 1 aliphatic heterocycles. The second-order valence-corrected chi connectivity index (χ2v) is 9.63. The molecule has 2 heterocycles. The number of fused-ring (bicyclic) bond motifs is 2. The molecular weight excluding hydrogens is 482 g/mol. The van der Waals surface area contributed by atoms with Crippen molar-refractivity contribution >= 4 is 46.2 Å². The van der Waals surface area contributed by atoms with Gasteiger partial charge < -0.3 is 10.1 Å². The van der Waals surface area contributed by atoms with E-state index in [2.05, 4.69) is 15.8 Å². The van der Waals surface area contributed by atoms with Gasteiger partial charge in [0.25, 0.3) is 11.8 Å². The van der Waals surface area contributed by atoms with Crippen molar-refractivity contribution in [1.29, 1.82) is 0 Å². The Balaban J connectivity index is 1.30. The summed E-state index contributed by atoms with van der Waals surface area (Å²) in [6, 6.07) is 25.6.